The van der Waals surface area contributed by atoms with Gasteiger partial charge in [-0.25, -0.2) is 0 Å². The molecule has 1 fully saturated rings. The third kappa shape index (κ3) is 1.31. The van der Waals surface area contributed by atoms with E-state index in [-0.39, 0.29) is 5.60 Å². The Bertz CT molecular complexity index is 173. The first kappa shape index (κ1) is 8.31. The Balaban J connectivity index is 2.08. The van der Waals surface area contributed by atoms with E-state index in [0.717, 1.165) is 12.5 Å². The smallest absolute Gasteiger partial charge is 0.0715 e. The third-order valence-corrected chi connectivity index (χ3v) is 3.50. The van der Waals surface area contributed by atoms with Gasteiger partial charge < -0.3 is 4.74 Å². The van der Waals surface area contributed by atoms with Gasteiger partial charge in [0.05, 0.1) is 12.2 Å². The van der Waals surface area contributed by atoms with Crippen molar-refractivity contribution in [3.63, 3.8) is 0 Å². The van der Waals surface area contributed by atoms with Crippen LogP contribution in [-0.2, 0) is 4.74 Å². The standard InChI is InChI=1S/C11H18O/c1-10-6-5-8-11(10)7-3-2-4-9-12-11/h2,4,10H,3,5-9H2,1H3/t10-,11+/m0/s1. The Morgan fingerprint density at radius 1 is 1.33 bits per heavy atom. The van der Waals surface area contributed by atoms with E-state index >= 15 is 0 Å². The highest BCUT2D eigenvalue weighted by molar-refractivity contribution is 4.98. The van der Waals surface area contributed by atoms with E-state index in [4.69, 9.17) is 4.74 Å². The molecule has 0 radical (unpaired) electrons. The number of ether oxygens (including phenoxy) is 1. The van der Waals surface area contributed by atoms with Crippen molar-refractivity contribution in [2.45, 2.75) is 44.6 Å². The average Bonchev–Trinajstić information content (AvgIpc) is 2.33. The zero-order valence-corrected chi connectivity index (χ0v) is 7.88. The topological polar surface area (TPSA) is 9.23 Å². The van der Waals surface area contributed by atoms with Gasteiger partial charge >= 0.3 is 0 Å². The van der Waals surface area contributed by atoms with Gasteiger partial charge in [-0.1, -0.05) is 25.5 Å². The molecule has 68 valence electrons. The van der Waals surface area contributed by atoms with Crippen molar-refractivity contribution in [1.82, 2.24) is 0 Å². The van der Waals surface area contributed by atoms with Gasteiger partial charge in [0.2, 0.25) is 0 Å². The molecule has 0 aromatic carbocycles. The molecular formula is C11H18O. The van der Waals surface area contributed by atoms with E-state index in [1.807, 2.05) is 0 Å². The summed E-state index contributed by atoms with van der Waals surface area (Å²) in [7, 11) is 0. The summed E-state index contributed by atoms with van der Waals surface area (Å²) in [6, 6.07) is 0. The van der Waals surface area contributed by atoms with Crippen LogP contribution in [0.2, 0.25) is 0 Å². The molecule has 1 saturated carbocycles. The van der Waals surface area contributed by atoms with Crippen molar-refractivity contribution in [3.8, 4) is 0 Å². The molecule has 0 aromatic rings. The number of hydrogen-bond acceptors (Lipinski definition) is 1. The van der Waals surface area contributed by atoms with Crippen LogP contribution < -0.4 is 0 Å². The molecule has 2 aliphatic rings. The molecule has 1 aliphatic heterocycles. The van der Waals surface area contributed by atoms with Crippen LogP contribution in [0.3, 0.4) is 0 Å². The average molecular weight is 166 g/mol. The highest BCUT2D eigenvalue weighted by atomic mass is 16.5. The fourth-order valence-electron chi connectivity index (χ4n) is 2.60. The summed E-state index contributed by atoms with van der Waals surface area (Å²) in [5.74, 6) is 0.775. The molecule has 2 rings (SSSR count). The maximum Gasteiger partial charge on any atom is 0.0715 e. The lowest BCUT2D eigenvalue weighted by Crippen LogP contribution is -2.34. The minimum Gasteiger partial charge on any atom is -0.371 e. The van der Waals surface area contributed by atoms with Crippen LogP contribution in [0.15, 0.2) is 12.2 Å². The first-order valence-electron chi connectivity index (χ1n) is 5.12. The van der Waals surface area contributed by atoms with E-state index in [1.54, 1.807) is 0 Å². The van der Waals surface area contributed by atoms with E-state index in [1.165, 1.54) is 32.1 Å². The summed E-state index contributed by atoms with van der Waals surface area (Å²) in [6.45, 7) is 3.18. The van der Waals surface area contributed by atoms with Gasteiger partial charge in [0.25, 0.3) is 0 Å². The fraction of sp³-hybridized carbons (Fsp3) is 0.818. The summed E-state index contributed by atoms with van der Waals surface area (Å²) in [4.78, 5) is 0. The third-order valence-electron chi connectivity index (χ3n) is 3.50. The summed E-state index contributed by atoms with van der Waals surface area (Å²) >= 11 is 0. The minimum absolute atomic E-state index is 0.253. The highest BCUT2D eigenvalue weighted by Crippen LogP contribution is 2.42. The second-order valence-electron chi connectivity index (χ2n) is 4.18. The van der Waals surface area contributed by atoms with E-state index in [0.29, 0.717) is 0 Å². The summed E-state index contributed by atoms with van der Waals surface area (Å²) in [5, 5.41) is 0. The molecule has 0 bridgehead atoms. The Morgan fingerprint density at radius 2 is 2.25 bits per heavy atom. The molecular weight excluding hydrogens is 148 g/mol. The molecule has 12 heavy (non-hydrogen) atoms. The van der Waals surface area contributed by atoms with E-state index in [2.05, 4.69) is 19.1 Å². The van der Waals surface area contributed by atoms with Gasteiger partial charge in [0.15, 0.2) is 0 Å². The minimum atomic E-state index is 0.253. The lowest BCUT2D eigenvalue weighted by atomic mass is 9.88. The number of hydrogen-bond donors (Lipinski definition) is 0. The van der Waals surface area contributed by atoms with Crippen LogP contribution in [0.1, 0.15) is 39.0 Å². The zero-order valence-electron chi connectivity index (χ0n) is 7.88. The van der Waals surface area contributed by atoms with Crippen LogP contribution in [0.4, 0.5) is 0 Å². The Morgan fingerprint density at radius 3 is 3.00 bits per heavy atom. The predicted molar refractivity (Wildman–Crippen MR) is 50.1 cm³/mol. The van der Waals surface area contributed by atoms with E-state index in [9.17, 15) is 0 Å². The summed E-state index contributed by atoms with van der Waals surface area (Å²) in [5.41, 5.74) is 0.253. The SMILES string of the molecule is C[C@H]1CCC[C@]12CCC=CCO2. The highest BCUT2D eigenvalue weighted by Gasteiger charge is 2.40. The molecule has 1 spiro atoms. The van der Waals surface area contributed by atoms with Gasteiger partial charge in [-0.2, -0.15) is 0 Å². The molecule has 2 atom stereocenters. The number of allylic oxidation sites excluding steroid dienone is 1. The van der Waals surface area contributed by atoms with E-state index < -0.39 is 0 Å². The van der Waals surface area contributed by atoms with Crippen molar-refractivity contribution in [2.75, 3.05) is 6.61 Å². The predicted octanol–water partition coefficient (Wildman–Crippen LogP) is 2.91. The summed E-state index contributed by atoms with van der Waals surface area (Å²) < 4.78 is 5.98. The fourth-order valence-corrected chi connectivity index (χ4v) is 2.60. The molecule has 1 nitrogen and oxygen atoms in total. The molecule has 0 aromatic heterocycles. The molecule has 0 saturated heterocycles. The quantitative estimate of drug-likeness (QED) is 0.503. The van der Waals surface area contributed by atoms with Crippen LogP contribution in [0.25, 0.3) is 0 Å². The van der Waals surface area contributed by atoms with Gasteiger partial charge in [-0.3, -0.25) is 0 Å². The van der Waals surface area contributed by atoms with Crippen LogP contribution in [-0.4, -0.2) is 12.2 Å². The monoisotopic (exact) mass is 166 g/mol. The molecule has 1 heterocycles. The first-order chi connectivity index (χ1) is 5.83. The van der Waals surface area contributed by atoms with Crippen molar-refractivity contribution >= 4 is 0 Å². The molecule has 0 unspecified atom stereocenters. The lowest BCUT2D eigenvalue weighted by molar-refractivity contribution is -0.0573. The lowest BCUT2D eigenvalue weighted by Gasteiger charge is -2.32. The van der Waals surface area contributed by atoms with Crippen molar-refractivity contribution in [1.29, 1.82) is 0 Å². The van der Waals surface area contributed by atoms with Crippen molar-refractivity contribution in [2.24, 2.45) is 5.92 Å². The van der Waals surface area contributed by atoms with Crippen LogP contribution >= 0.6 is 0 Å². The molecule has 1 heteroatoms. The first-order valence-corrected chi connectivity index (χ1v) is 5.12. The van der Waals surface area contributed by atoms with Crippen molar-refractivity contribution in [3.05, 3.63) is 12.2 Å². The second-order valence-corrected chi connectivity index (χ2v) is 4.18. The molecule has 0 N–H and O–H groups in total. The Kier molecular flexibility index (Phi) is 2.22. The largest absolute Gasteiger partial charge is 0.371 e. The molecule has 0 amide bonds. The normalized spacial score (nSPS) is 41.9. The van der Waals surface area contributed by atoms with Gasteiger partial charge in [-0.15, -0.1) is 0 Å². The maximum atomic E-state index is 5.98. The molecule has 1 aliphatic carbocycles. The maximum absolute atomic E-state index is 5.98. The summed E-state index contributed by atoms with van der Waals surface area (Å²) in [6.07, 6.45) is 10.9. The van der Waals surface area contributed by atoms with Crippen LogP contribution in [0, 0.1) is 5.92 Å². The number of rotatable bonds is 0. The van der Waals surface area contributed by atoms with Gasteiger partial charge in [0.1, 0.15) is 0 Å². The Labute approximate surface area is 74.8 Å². The van der Waals surface area contributed by atoms with Crippen LogP contribution in [0.5, 0.6) is 0 Å². The van der Waals surface area contributed by atoms with Gasteiger partial charge in [-0.05, 0) is 31.6 Å². The van der Waals surface area contributed by atoms with Gasteiger partial charge in [0, 0.05) is 0 Å². The second kappa shape index (κ2) is 3.21. The Hall–Kier alpha value is -0.300. The zero-order chi connectivity index (χ0) is 8.44. The van der Waals surface area contributed by atoms with Crippen molar-refractivity contribution < 1.29 is 4.74 Å².